The predicted octanol–water partition coefficient (Wildman–Crippen LogP) is 4.49. The molecule has 0 radical (unpaired) electrons. The number of rotatable bonds is 4. The molecule has 0 aliphatic heterocycles. The highest BCUT2D eigenvalue weighted by Crippen LogP contribution is 2.46. The van der Waals surface area contributed by atoms with E-state index in [1.165, 1.54) is 32.1 Å². The smallest absolute Gasteiger partial charge is 0.0355 e. The molecule has 0 saturated heterocycles. The van der Waals surface area contributed by atoms with Crippen LogP contribution in [-0.2, 0) is 0 Å². The van der Waals surface area contributed by atoms with E-state index in [0.717, 1.165) is 23.7 Å². The minimum absolute atomic E-state index is 0.992. The summed E-state index contributed by atoms with van der Waals surface area (Å²) in [7, 11) is 0. The summed E-state index contributed by atoms with van der Waals surface area (Å²) >= 11 is 0. The van der Waals surface area contributed by atoms with Gasteiger partial charge < -0.3 is 0 Å². The molecular weight excluding hydrogens is 156 g/mol. The van der Waals surface area contributed by atoms with Crippen LogP contribution in [0.1, 0.15) is 59.8 Å². The summed E-state index contributed by atoms with van der Waals surface area (Å²) in [6.45, 7) is 9.55. The normalized spacial score (nSPS) is 39.7. The van der Waals surface area contributed by atoms with E-state index in [9.17, 15) is 0 Å². The number of hydrogen-bond donors (Lipinski definition) is 0. The van der Waals surface area contributed by atoms with Gasteiger partial charge in [-0.15, -0.1) is 0 Å². The molecule has 0 spiro atoms. The zero-order valence-corrected chi connectivity index (χ0v) is 9.84. The second-order valence-corrected chi connectivity index (χ2v) is 4.91. The molecule has 1 rings (SSSR count). The van der Waals surface area contributed by atoms with Crippen molar-refractivity contribution >= 4 is 0 Å². The summed E-state index contributed by atoms with van der Waals surface area (Å²) in [5, 5.41) is 0. The molecule has 13 heavy (non-hydrogen) atoms. The summed E-state index contributed by atoms with van der Waals surface area (Å²) in [5.74, 6) is 4.12. The summed E-state index contributed by atoms with van der Waals surface area (Å²) in [6.07, 6.45) is 7.17. The van der Waals surface area contributed by atoms with Crippen LogP contribution >= 0.6 is 0 Å². The molecule has 0 N–H and O–H groups in total. The molecule has 4 atom stereocenters. The van der Waals surface area contributed by atoms with Crippen molar-refractivity contribution in [2.75, 3.05) is 0 Å². The molecule has 0 bridgehead atoms. The Bertz CT molecular complexity index is 139. The van der Waals surface area contributed by atoms with Crippen molar-refractivity contribution in [3.8, 4) is 0 Å². The van der Waals surface area contributed by atoms with E-state index in [1.54, 1.807) is 0 Å². The van der Waals surface area contributed by atoms with Gasteiger partial charge in [0, 0.05) is 0 Å². The van der Waals surface area contributed by atoms with E-state index >= 15 is 0 Å². The molecule has 0 heterocycles. The van der Waals surface area contributed by atoms with Crippen LogP contribution < -0.4 is 0 Å². The lowest BCUT2D eigenvalue weighted by molar-refractivity contribution is 0.259. The monoisotopic (exact) mass is 182 g/mol. The van der Waals surface area contributed by atoms with Crippen molar-refractivity contribution < 1.29 is 0 Å². The van der Waals surface area contributed by atoms with E-state index < -0.39 is 0 Å². The Morgan fingerprint density at radius 2 is 1.69 bits per heavy atom. The first-order valence-corrected chi connectivity index (χ1v) is 6.24. The Balaban J connectivity index is 2.60. The van der Waals surface area contributed by atoms with Gasteiger partial charge >= 0.3 is 0 Å². The second-order valence-electron chi connectivity index (χ2n) is 4.91. The van der Waals surface area contributed by atoms with Gasteiger partial charge in [0.25, 0.3) is 0 Å². The molecule has 78 valence electrons. The zero-order chi connectivity index (χ0) is 9.84. The van der Waals surface area contributed by atoms with Crippen molar-refractivity contribution in [3.63, 3.8) is 0 Å². The maximum absolute atomic E-state index is 2.46. The average molecular weight is 182 g/mol. The third-order valence-corrected chi connectivity index (χ3v) is 4.18. The topological polar surface area (TPSA) is 0 Å². The maximum atomic E-state index is 2.46. The van der Waals surface area contributed by atoms with Crippen LogP contribution in [0.5, 0.6) is 0 Å². The lowest BCUT2D eigenvalue weighted by atomic mass is 9.82. The highest BCUT2D eigenvalue weighted by molar-refractivity contribution is 4.87. The van der Waals surface area contributed by atoms with Gasteiger partial charge in [0.05, 0.1) is 0 Å². The molecule has 0 aromatic heterocycles. The highest BCUT2D eigenvalue weighted by Gasteiger charge is 2.37. The van der Waals surface area contributed by atoms with Crippen LogP contribution in [0.3, 0.4) is 0 Å². The lowest BCUT2D eigenvalue weighted by Gasteiger charge is -2.24. The van der Waals surface area contributed by atoms with Crippen molar-refractivity contribution in [2.24, 2.45) is 23.7 Å². The molecule has 0 amide bonds. The first-order valence-electron chi connectivity index (χ1n) is 6.24. The predicted molar refractivity (Wildman–Crippen MR) is 59.7 cm³/mol. The molecule has 0 aromatic rings. The Morgan fingerprint density at radius 1 is 1.00 bits per heavy atom. The van der Waals surface area contributed by atoms with Crippen molar-refractivity contribution in [1.82, 2.24) is 0 Å². The van der Waals surface area contributed by atoms with Gasteiger partial charge in [-0.25, -0.2) is 0 Å². The largest absolute Gasteiger partial charge is 0.0654 e. The molecule has 4 unspecified atom stereocenters. The molecule has 1 fully saturated rings. The lowest BCUT2D eigenvalue weighted by Crippen LogP contribution is -2.15. The first kappa shape index (κ1) is 11.1. The van der Waals surface area contributed by atoms with Crippen LogP contribution in [0.15, 0.2) is 0 Å². The third kappa shape index (κ3) is 2.27. The van der Waals surface area contributed by atoms with Crippen LogP contribution in [0.2, 0.25) is 0 Å². The minimum Gasteiger partial charge on any atom is -0.0654 e. The van der Waals surface area contributed by atoms with E-state index in [2.05, 4.69) is 27.7 Å². The molecule has 1 aliphatic rings. The average Bonchev–Trinajstić information content (AvgIpc) is 2.43. The van der Waals surface area contributed by atoms with Crippen LogP contribution in [-0.4, -0.2) is 0 Å². The molecule has 0 nitrogen and oxygen atoms in total. The van der Waals surface area contributed by atoms with Gasteiger partial charge in [0.15, 0.2) is 0 Å². The second kappa shape index (κ2) is 5.02. The van der Waals surface area contributed by atoms with Gasteiger partial charge in [0.2, 0.25) is 0 Å². The zero-order valence-electron chi connectivity index (χ0n) is 9.84. The Hall–Kier alpha value is 0. The van der Waals surface area contributed by atoms with Crippen molar-refractivity contribution in [1.29, 1.82) is 0 Å². The van der Waals surface area contributed by atoms with E-state index in [1.807, 2.05) is 0 Å². The van der Waals surface area contributed by atoms with Crippen LogP contribution in [0.4, 0.5) is 0 Å². The SMILES string of the molecule is CCCC1C(CC)CC(C)C1CC. The fourth-order valence-electron chi connectivity index (χ4n) is 3.56. The van der Waals surface area contributed by atoms with Gasteiger partial charge in [-0.05, 0) is 30.1 Å². The molecule has 0 heteroatoms. The molecule has 1 saturated carbocycles. The standard InChI is InChI=1S/C13H26/c1-5-8-13-11(6-2)9-10(4)12(13)7-3/h10-13H,5-9H2,1-4H3. The van der Waals surface area contributed by atoms with Crippen molar-refractivity contribution in [3.05, 3.63) is 0 Å². The van der Waals surface area contributed by atoms with Gasteiger partial charge in [-0.3, -0.25) is 0 Å². The Kier molecular flexibility index (Phi) is 4.28. The minimum atomic E-state index is 0.992. The fraction of sp³-hybridized carbons (Fsp3) is 1.00. The first-order chi connectivity index (χ1) is 6.24. The highest BCUT2D eigenvalue weighted by atomic mass is 14.4. The van der Waals surface area contributed by atoms with Crippen LogP contribution in [0, 0.1) is 23.7 Å². The summed E-state index contributed by atoms with van der Waals surface area (Å²) < 4.78 is 0. The molecule has 0 aromatic carbocycles. The van der Waals surface area contributed by atoms with Gasteiger partial charge in [-0.1, -0.05) is 53.4 Å². The van der Waals surface area contributed by atoms with Crippen LogP contribution in [0.25, 0.3) is 0 Å². The maximum Gasteiger partial charge on any atom is -0.0355 e. The van der Waals surface area contributed by atoms with Crippen molar-refractivity contribution in [2.45, 2.75) is 59.8 Å². The number of hydrogen-bond acceptors (Lipinski definition) is 0. The van der Waals surface area contributed by atoms with E-state index in [4.69, 9.17) is 0 Å². The Labute approximate surface area is 84.1 Å². The van der Waals surface area contributed by atoms with E-state index in [0.29, 0.717) is 0 Å². The van der Waals surface area contributed by atoms with Gasteiger partial charge in [0.1, 0.15) is 0 Å². The Morgan fingerprint density at radius 3 is 2.15 bits per heavy atom. The van der Waals surface area contributed by atoms with Gasteiger partial charge in [-0.2, -0.15) is 0 Å². The summed E-state index contributed by atoms with van der Waals surface area (Å²) in [6, 6.07) is 0. The summed E-state index contributed by atoms with van der Waals surface area (Å²) in [4.78, 5) is 0. The quantitative estimate of drug-likeness (QED) is 0.600. The molecule has 1 aliphatic carbocycles. The third-order valence-electron chi connectivity index (χ3n) is 4.18. The summed E-state index contributed by atoms with van der Waals surface area (Å²) in [5.41, 5.74) is 0. The molecular formula is C13H26. The van der Waals surface area contributed by atoms with E-state index in [-0.39, 0.29) is 0 Å². The fourth-order valence-corrected chi connectivity index (χ4v) is 3.56.